The average Bonchev–Trinajstić information content (AvgIpc) is 3.19. The lowest BCUT2D eigenvalue weighted by atomic mass is 10.2. The first kappa shape index (κ1) is 21.1. The number of likely N-dealkylation sites (N-methyl/N-ethyl adjacent to an activating group) is 1. The second kappa shape index (κ2) is 9.75. The molecule has 162 valence electrons. The van der Waals surface area contributed by atoms with Gasteiger partial charge in [0.05, 0.1) is 12.1 Å². The number of aromatic nitrogens is 2. The quantitative estimate of drug-likeness (QED) is 0.635. The number of piperazine rings is 1. The number of nitrogens with zero attached hydrogens (tertiary/aromatic N) is 4. The van der Waals surface area contributed by atoms with Crippen LogP contribution in [0, 0.1) is 6.92 Å². The van der Waals surface area contributed by atoms with Crippen molar-refractivity contribution in [2.75, 3.05) is 37.6 Å². The molecule has 2 aromatic heterocycles. The van der Waals surface area contributed by atoms with Crippen LogP contribution in [-0.4, -0.2) is 53.5 Å². The maximum absolute atomic E-state index is 12.4. The van der Waals surface area contributed by atoms with E-state index in [1.807, 2.05) is 55.6 Å². The zero-order chi connectivity index (χ0) is 21.6. The number of rotatable bonds is 7. The van der Waals surface area contributed by atoms with Crippen molar-refractivity contribution in [1.82, 2.24) is 20.2 Å². The van der Waals surface area contributed by atoms with Gasteiger partial charge in [0.2, 0.25) is 11.8 Å². The molecular formula is C24H29N5O2. The van der Waals surface area contributed by atoms with Crippen LogP contribution < -0.4 is 10.2 Å². The van der Waals surface area contributed by atoms with Crippen LogP contribution in [0.2, 0.25) is 0 Å². The summed E-state index contributed by atoms with van der Waals surface area (Å²) in [7, 11) is 0. The molecule has 7 nitrogen and oxygen atoms in total. The Morgan fingerprint density at radius 2 is 1.87 bits per heavy atom. The lowest BCUT2D eigenvalue weighted by molar-refractivity contribution is -0.120. The fourth-order valence-electron chi connectivity index (χ4n) is 3.71. The molecule has 0 spiro atoms. The summed E-state index contributed by atoms with van der Waals surface area (Å²) in [6.07, 6.45) is 2.03. The molecule has 0 radical (unpaired) electrons. The number of anilines is 1. The molecule has 0 saturated carbocycles. The Morgan fingerprint density at radius 3 is 2.55 bits per heavy atom. The molecule has 4 rings (SSSR count). The van der Waals surface area contributed by atoms with Gasteiger partial charge in [0, 0.05) is 44.5 Å². The van der Waals surface area contributed by atoms with Crippen molar-refractivity contribution in [3.8, 4) is 11.5 Å². The summed E-state index contributed by atoms with van der Waals surface area (Å²) in [5, 5.41) is 2.96. The predicted octanol–water partition coefficient (Wildman–Crippen LogP) is 3.05. The van der Waals surface area contributed by atoms with Gasteiger partial charge in [-0.3, -0.25) is 4.79 Å². The van der Waals surface area contributed by atoms with Gasteiger partial charge in [-0.05, 0) is 37.2 Å². The van der Waals surface area contributed by atoms with Crippen molar-refractivity contribution in [2.45, 2.75) is 26.8 Å². The molecule has 1 fully saturated rings. The van der Waals surface area contributed by atoms with Gasteiger partial charge in [-0.15, -0.1) is 0 Å². The van der Waals surface area contributed by atoms with Crippen LogP contribution in [0.1, 0.15) is 23.9 Å². The van der Waals surface area contributed by atoms with Crippen LogP contribution in [0.4, 0.5) is 5.82 Å². The van der Waals surface area contributed by atoms with Gasteiger partial charge in [0.15, 0.2) is 0 Å². The van der Waals surface area contributed by atoms with E-state index in [4.69, 9.17) is 4.42 Å². The standard InChI is InChI=1S/C24H29N5O2/c1-3-28-11-13-29(14-12-28)22-10-9-19(16-25-22)17-26-23(30)15-21-18(2)31-24(27-21)20-7-5-4-6-8-20/h4-10,16H,3,11-15,17H2,1-2H3,(H,26,30). The Bertz CT molecular complexity index is 993. The highest BCUT2D eigenvalue weighted by Gasteiger charge is 2.17. The third-order valence-corrected chi connectivity index (χ3v) is 5.68. The summed E-state index contributed by atoms with van der Waals surface area (Å²) in [6.45, 7) is 9.72. The van der Waals surface area contributed by atoms with E-state index < -0.39 is 0 Å². The third-order valence-electron chi connectivity index (χ3n) is 5.68. The molecule has 3 aromatic rings. The first-order valence-electron chi connectivity index (χ1n) is 10.8. The van der Waals surface area contributed by atoms with Crippen molar-refractivity contribution in [3.05, 3.63) is 65.7 Å². The second-order valence-electron chi connectivity index (χ2n) is 7.79. The van der Waals surface area contributed by atoms with Crippen LogP contribution in [-0.2, 0) is 17.8 Å². The predicted molar refractivity (Wildman–Crippen MR) is 121 cm³/mol. The summed E-state index contributed by atoms with van der Waals surface area (Å²) < 4.78 is 5.74. The smallest absolute Gasteiger partial charge is 0.226 e. The topological polar surface area (TPSA) is 74.5 Å². The minimum Gasteiger partial charge on any atom is -0.441 e. The van der Waals surface area contributed by atoms with E-state index in [1.54, 1.807) is 0 Å². The Balaban J connectivity index is 1.29. The summed E-state index contributed by atoms with van der Waals surface area (Å²) in [5.74, 6) is 2.12. The Morgan fingerprint density at radius 1 is 1.10 bits per heavy atom. The Hall–Kier alpha value is -3.19. The number of nitrogens with one attached hydrogen (secondary N) is 1. The minimum atomic E-state index is -0.0872. The molecule has 3 heterocycles. The van der Waals surface area contributed by atoms with Crippen LogP contribution in [0.3, 0.4) is 0 Å². The molecule has 1 saturated heterocycles. The van der Waals surface area contributed by atoms with Crippen LogP contribution in [0.15, 0.2) is 53.1 Å². The fraction of sp³-hybridized carbons (Fsp3) is 0.375. The number of oxazole rings is 1. The van der Waals surface area contributed by atoms with E-state index in [-0.39, 0.29) is 12.3 Å². The summed E-state index contributed by atoms with van der Waals surface area (Å²) >= 11 is 0. The molecule has 0 aliphatic carbocycles. The molecule has 1 N–H and O–H groups in total. The number of carbonyl (C=O) groups excluding carboxylic acids is 1. The summed E-state index contributed by atoms with van der Waals surface area (Å²) in [5.41, 5.74) is 2.54. The molecule has 0 atom stereocenters. The van der Waals surface area contributed by atoms with E-state index in [2.05, 4.69) is 32.0 Å². The fourth-order valence-corrected chi connectivity index (χ4v) is 3.71. The SMILES string of the molecule is CCN1CCN(c2ccc(CNC(=O)Cc3nc(-c4ccccc4)oc3C)cn2)CC1. The van der Waals surface area contributed by atoms with Crippen molar-refractivity contribution < 1.29 is 9.21 Å². The highest BCUT2D eigenvalue weighted by molar-refractivity contribution is 5.78. The monoisotopic (exact) mass is 419 g/mol. The zero-order valence-corrected chi connectivity index (χ0v) is 18.2. The molecular weight excluding hydrogens is 390 g/mol. The van der Waals surface area contributed by atoms with E-state index in [0.717, 1.165) is 49.7 Å². The normalized spacial score (nSPS) is 14.6. The van der Waals surface area contributed by atoms with E-state index in [1.165, 1.54) is 0 Å². The minimum absolute atomic E-state index is 0.0872. The number of pyridine rings is 1. The lowest BCUT2D eigenvalue weighted by Crippen LogP contribution is -2.46. The van der Waals surface area contributed by atoms with E-state index >= 15 is 0 Å². The number of hydrogen-bond donors (Lipinski definition) is 1. The molecule has 7 heteroatoms. The number of aryl methyl sites for hydroxylation is 1. The molecule has 1 aliphatic rings. The Labute approximate surface area is 183 Å². The maximum atomic E-state index is 12.4. The maximum Gasteiger partial charge on any atom is 0.226 e. The second-order valence-corrected chi connectivity index (χ2v) is 7.79. The van der Waals surface area contributed by atoms with Crippen molar-refractivity contribution in [1.29, 1.82) is 0 Å². The van der Waals surface area contributed by atoms with Crippen LogP contribution >= 0.6 is 0 Å². The molecule has 1 aliphatic heterocycles. The van der Waals surface area contributed by atoms with E-state index in [9.17, 15) is 4.79 Å². The van der Waals surface area contributed by atoms with Crippen LogP contribution in [0.25, 0.3) is 11.5 Å². The van der Waals surface area contributed by atoms with Gasteiger partial charge >= 0.3 is 0 Å². The number of benzene rings is 1. The Kier molecular flexibility index (Phi) is 6.62. The van der Waals surface area contributed by atoms with Gasteiger partial charge in [0.25, 0.3) is 0 Å². The van der Waals surface area contributed by atoms with Gasteiger partial charge in [-0.2, -0.15) is 0 Å². The summed E-state index contributed by atoms with van der Waals surface area (Å²) in [4.78, 5) is 26.3. The van der Waals surface area contributed by atoms with Gasteiger partial charge in [-0.1, -0.05) is 31.2 Å². The number of amides is 1. The highest BCUT2D eigenvalue weighted by atomic mass is 16.4. The van der Waals surface area contributed by atoms with Crippen molar-refractivity contribution in [2.24, 2.45) is 0 Å². The molecule has 1 amide bonds. The lowest BCUT2D eigenvalue weighted by Gasteiger charge is -2.34. The molecule has 1 aromatic carbocycles. The molecule has 0 unspecified atom stereocenters. The van der Waals surface area contributed by atoms with Gasteiger partial charge in [0.1, 0.15) is 11.6 Å². The number of hydrogen-bond acceptors (Lipinski definition) is 6. The van der Waals surface area contributed by atoms with Crippen molar-refractivity contribution >= 4 is 11.7 Å². The van der Waals surface area contributed by atoms with Gasteiger partial charge in [-0.25, -0.2) is 9.97 Å². The number of carbonyl (C=O) groups is 1. The average molecular weight is 420 g/mol. The molecule has 31 heavy (non-hydrogen) atoms. The third kappa shape index (κ3) is 5.30. The molecule has 0 bridgehead atoms. The largest absolute Gasteiger partial charge is 0.441 e. The first-order valence-corrected chi connectivity index (χ1v) is 10.8. The summed E-state index contributed by atoms with van der Waals surface area (Å²) in [6, 6.07) is 13.8. The zero-order valence-electron chi connectivity index (χ0n) is 18.2. The first-order chi connectivity index (χ1) is 15.1. The van der Waals surface area contributed by atoms with Crippen LogP contribution in [0.5, 0.6) is 0 Å². The van der Waals surface area contributed by atoms with E-state index in [0.29, 0.717) is 23.9 Å². The van der Waals surface area contributed by atoms with Crippen molar-refractivity contribution in [3.63, 3.8) is 0 Å². The van der Waals surface area contributed by atoms with Gasteiger partial charge < -0.3 is 19.5 Å². The highest BCUT2D eigenvalue weighted by Crippen LogP contribution is 2.21.